The fraction of sp³-hybridized carbons (Fsp3) is 0.424. The SMILES string of the molecule is CC(C)Oc1ccc2cc([C@@H](O)C(=O)N[C@@H](C(=O)N3C4CCC3CC(N)C4)C(F)(F)c3ccc(Br)cc3)ccc2c1.O=C(O)C(F)(F)F. The number of nitrogens with zero attached hydrogens (tertiary/aromatic N) is 1. The number of nitrogens with one attached hydrogen (secondary N) is 1. The molecule has 5 rings (SSSR count). The fourth-order valence-electron chi connectivity index (χ4n) is 6.00. The molecule has 2 unspecified atom stereocenters. The van der Waals surface area contributed by atoms with Gasteiger partial charge in [0.2, 0.25) is 0 Å². The first-order chi connectivity index (χ1) is 22.4. The number of benzene rings is 3. The zero-order valence-corrected chi connectivity index (χ0v) is 27.5. The Morgan fingerprint density at radius 1 is 0.938 bits per heavy atom. The molecule has 0 radical (unpaired) electrons. The number of ether oxygens (including phenoxy) is 1. The summed E-state index contributed by atoms with van der Waals surface area (Å²) >= 11 is 3.25. The van der Waals surface area contributed by atoms with Crippen molar-refractivity contribution in [2.75, 3.05) is 0 Å². The van der Waals surface area contributed by atoms with Gasteiger partial charge in [-0.05, 0) is 86.2 Å². The third-order valence-corrected chi connectivity index (χ3v) is 8.69. The smallest absolute Gasteiger partial charge is 0.490 e. The summed E-state index contributed by atoms with van der Waals surface area (Å²) in [7, 11) is 0. The molecule has 4 atom stereocenters. The van der Waals surface area contributed by atoms with Crippen LogP contribution in [0.15, 0.2) is 65.1 Å². The molecule has 260 valence electrons. The lowest BCUT2D eigenvalue weighted by Gasteiger charge is -2.41. The monoisotopic (exact) mass is 743 g/mol. The molecule has 9 nitrogen and oxygen atoms in total. The number of aliphatic hydroxyl groups excluding tert-OH is 1. The van der Waals surface area contributed by atoms with Crippen molar-refractivity contribution < 1.29 is 51.3 Å². The Morgan fingerprint density at radius 2 is 1.48 bits per heavy atom. The zero-order valence-electron chi connectivity index (χ0n) is 25.9. The van der Waals surface area contributed by atoms with Crippen LogP contribution in [-0.2, 0) is 20.3 Å². The van der Waals surface area contributed by atoms with Gasteiger partial charge in [-0.3, -0.25) is 9.59 Å². The Morgan fingerprint density at radius 3 is 2.02 bits per heavy atom. The maximum Gasteiger partial charge on any atom is 0.490 e. The van der Waals surface area contributed by atoms with Gasteiger partial charge >= 0.3 is 18.1 Å². The molecule has 0 spiro atoms. The number of carboxylic acid groups (broad SMARTS) is 1. The van der Waals surface area contributed by atoms with E-state index in [2.05, 4.69) is 21.2 Å². The number of aliphatic carboxylic acids is 1. The van der Waals surface area contributed by atoms with Crippen molar-refractivity contribution in [3.05, 3.63) is 76.3 Å². The van der Waals surface area contributed by atoms with Crippen molar-refractivity contribution >= 4 is 44.5 Å². The Hall–Kier alpha value is -3.82. The summed E-state index contributed by atoms with van der Waals surface area (Å²) in [5, 5.41) is 21.9. The summed E-state index contributed by atoms with van der Waals surface area (Å²) in [5.74, 6) is -7.77. The van der Waals surface area contributed by atoms with E-state index in [1.807, 2.05) is 19.9 Å². The zero-order chi connectivity index (χ0) is 35.6. The van der Waals surface area contributed by atoms with Crippen LogP contribution in [0.25, 0.3) is 10.8 Å². The number of carbonyl (C=O) groups excluding carboxylic acids is 2. The van der Waals surface area contributed by atoms with Crippen molar-refractivity contribution in [2.24, 2.45) is 5.73 Å². The Kier molecular flexibility index (Phi) is 11.4. The number of halogens is 6. The van der Waals surface area contributed by atoms with Crippen LogP contribution in [-0.4, -0.2) is 69.3 Å². The predicted octanol–water partition coefficient (Wildman–Crippen LogP) is 5.81. The maximum absolute atomic E-state index is 16.1. The number of carbonyl (C=O) groups is 3. The molecule has 48 heavy (non-hydrogen) atoms. The maximum atomic E-state index is 16.1. The number of carboxylic acids is 1. The first kappa shape index (κ1) is 37.0. The average molecular weight is 745 g/mol. The van der Waals surface area contributed by atoms with Crippen molar-refractivity contribution in [1.29, 1.82) is 0 Å². The molecule has 2 saturated heterocycles. The van der Waals surface area contributed by atoms with Crippen molar-refractivity contribution in [3.63, 3.8) is 0 Å². The van der Waals surface area contributed by atoms with Gasteiger partial charge < -0.3 is 30.9 Å². The number of amides is 2. The lowest BCUT2D eigenvalue weighted by atomic mass is 9.94. The van der Waals surface area contributed by atoms with Gasteiger partial charge in [0, 0.05) is 28.2 Å². The number of nitrogens with two attached hydrogens (primary N) is 1. The van der Waals surface area contributed by atoms with Crippen LogP contribution >= 0.6 is 15.9 Å². The summed E-state index contributed by atoms with van der Waals surface area (Å²) in [5.41, 5.74) is 5.94. The molecule has 0 saturated carbocycles. The van der Waals surface area contributed by atoms with Gasteiger partial charge in [0.25, 0.3) is 11.8 Å². The van der Waals surface area contributed by atoms with E-state index in [4.69, 9.17) is 20.4 Å². The lowest BCUT2D eigenvalue weighted by Crippen LogP contribution is -2.61. The Labute approximate surface area is 281 Å². The van der Waals surface area contributed by atoms with Gasteiger partial charge in [0.05, 0.1) is 6.10 Å². The predicted molar refractivity (Wildman–Crippen MR) is 169 cm³/mol. The van der Waals surface area contributed by atoms with Crippen LogP contribution in [0, 0.1) is 0 Å². The molecule has 3 aromatic carbocycles. The van der Waals surface area contributed by atoms with Crippen molar-refractivity contribution in [3.8, 4) is 5.75 Å². The minimum absolute atomic E-state index is 0.000277. The van der Waals surface area contributed by atoms with E-state index < -0.39 is 47.6 Å². The molecule has 3 aromatic rings. The Balaban J connectivity index is 0.000000671. The van der Waals surface area contributed by atoms with Crippen LogP contribution in [0.5, 0.6) is 5.75 Å². The van der Waals surface area contributed by atoms with Crippen LogP contribution in [0.3, 0.4) is 0 Å². The van der Waals surface area contributed by atoms with Gasteiger partial charge in [-0.25, -0.2) is 4.79 Å². The standard InChI is InChI=1S/C31H34BrF2N3O4.C2HF3O2/c1-17(2)41-26-12-5-18-13-20(4-3-19(18)14-26)27(38)29(39)36-28(31(33,34)21-6-8-22(32)9-7-21)30(40)37-24-10-11-25(37)16-23(35)15-24;3-2(4,5)1(6)7/h3-9,12-14,17,23-25,27-28,38H,10-11,15-16,35H2,1-2H3,(H,36,39);(H,6,7)/t23?,24?,25?,27-,28+;/m1./s1. The normalized spacial score (nSPS) is 20.5. The summed E-state index contributed by atoms with van der Waals surface area (Å²) in [6, 6.07) is 12.8. The molecule has 2 heterocycles. The van der Waals surface area contributed by atoms with Crippen LogP contribution < -0.4 is 15.8 Å². The van der Waals surface area contributed by atoms with E-state index in [0.29, 0.717) is 35.9 Å². The van der Waals surface area contributed by atoms with Gasteiger partial charge in [0.1, 0.15) is 5.75 Å². The minimum Gasteiger partial charge on any atom is -0.491 e. The molecule has 2 aliphatic rings. The second-order valence-electron chi connectivity index (χ2n) is 12.1. The van der Waals surface area contributed by atoms with Crippen molar-refractivity contribution in [2.45, 2.75) is 88.0 Å². The number of fused-ring (bicyclic) bond motifs is 3. The highest BCUT2D eigenvalue weighted by molar-refractivity contribution is 9.10. The van der Waals surface area contributed by atoms with Crippen LogP contribution in [0.2, 0.25) is 0 Å². The summed E-state index contributed by atoms with van der Waals surface area (Å²) < 4.78 is 70.2. The number of piperidine rings is 1. The number of hydrogen-bond donors (Lipinski definition) is 4. The molecule has 5 N–H and O–H groups in total. The van der Waals surface area contributed by atoms with Gasteiger partial charge in [-0.2, -0.15) is 22.0 Å². The van der Waals surface area contributed by atoms with E-state index in [0.717, 1.165) is 10.8 Å². The molecule has 2 bridgehead atoms. The highest BCUT2D eigenvalue weighted by Gasteiger charge is 2.53. The summed E-state index contributed by atoms with van der Waals surface area (Å²) in [6.45, 7) is 3.84. The summed E-state index contributed by atoms with van der Waals surface area (Å²) in [4.78, 5) is 37.5. The number of aliphatic hydroxyl groups is 1. The number of alkyl halides is 5. The molecular weight excluding hydrogens is 709 g/mol. The van der Waals surface area contributed by atoms with Crippen LogP contribution in [0.1, 0.15) is 56.8 Å². The molecule has 2 fully saturated rings. The molecule has 0 aliphatic carbocycles. The third-order valence-electron chi connectivity index (χ3n) is 8.16. The Bertz CT molecular complexity index is 1620. The third kappa shape index (κ3) is 8.60. The van der Waals surface area contributed by atoms with E-state index in [1.54, 1.807) is 30.3 Å². The van der Waals surface area contributed by atoms with E-state index in [9.17, 15) is 27.9 Å². The fourth-order valence-corrected chi connectivity index (χ4v) is 6.27. The highest BCUT2D eigenvalue weighted by atomic mass is 79.9. The molecule has 15 heteroatoms. The minimum atomic E-state index is -5.08. The van der Waals surface area contributed by atoms with Crippen molar-refractivity contribution in [1.82, 2.24) is 10.2 Å². The molecule has 2 amide bonds. The molecule has 2 aliphatic heterocycles. The van der Waals surface area contributed by atoms with Gasteiger partial charge in [-0.1, -0.05) is 46.3 Å². The second kappa shape index (κ2) is 14.7. The topological polar surface area (TPSA) is 142 Å². The van der Waals surface area contributed by atoms with E-state index >= 15 is 8.78 Å². The first-order valence-corrected chi connectivity index (χ1v) is 15.9. The van der Waals surface area contributed by atoms with E-state index in [-0.39, 0.29) is 29.8 Å². The van der Waals surface area contributed by atoms with E-state index in [1.165, 1.54) is 29.2 Å². The largest absolute Gasteiger partial charge is 0.491 e. The second-order valence-corrected chi connectivity index (χ2v) is 13.0. The lowest BCUT2D eigenvalue weighted by molar-refractivity contribution is -0.192. The average Bonchev–Trinajstić information content (AvgIpc) is 3.28. The quantitative estimate of drug-likeness (QED) is 0.213. The van der Waals surface area contributed by atoms with Crippen LogP contribution in [0.4, 0.5) is 22.0 Å². The summed E-state index contributed by atoms with van der Waals surface area (Å²) in [6.07, 6.45) is -4.45. The first-order valence-electron chi connectivity index (χ1n) is 15.1. The number of rotatable bonds is 8. The number of hydrogen-bond acceptors (Lipinski definition) is 6. The highest BCUT2D eigenvalue weighted by Crippen LogP contribution is 2.40. The van der Waals surface area contributed by atoms with Gasteiger partial charge in [0.15, 0.2) is 12.1 Å². The molecular formula is C33H35BrF5N3O6. The van der Waals surface area contributed by atoms with Gasteiger partial charge in [-0.15, -0.1) is 0 Å². The molecule has 0 aromatic heterocycles.